The molecule has 3 heterocycles. The molecule has 2 aromatic rings. The van der Waals surface area contributed by atoms with Gasteiger partial charge in [0, 0.05) is 24.2 Å². The van der Waals surface area contributed by atoms with Crippen molar-refractivity contribution in [1.82, 2.24) is 19.5 Å². The molecule has 0 N–H and O–H groups in total. The van der Waals surface area contributed by atoms with E-state index >= 15 is 0 Å². The van der Waals surface area contributed by atoms with Gasteiger partial charge >= 0.3 is 6.18 Å². The van der Waals surface area contributed by atoms with E-state index in [9.17, 15) is 18.0 Å². The van der Waals surface area contributed by atoms with Crippen LogP contribution in [0.4, 0.5) is 13.2 Å². The topological polar surface area (TPSA) is 50.5 Å². The quantitative estimate of drug-likeness (QED) is 0.834. The summed E-state index contributed by atoms with van der Waals surface area (Å²) in [4.78, 5) is 18.7. The minimum atomic E-state index is -4.51. The van der Waals surface area contributed by atoms with Crippen LogP contribution < -0.4 is 0 Å². The molecule has 26 heavy (non-hydrogen) atoms. The second-order valence-corrected chi connectivity index (χ2v) is 7.33. The third-order valence-corrected chi connectivity index (χ3v) is 5.46. The number of hydrogen-bond donors (Lipinski definition) is 0. The number of likely N-dealkylation sites (tertiary alicyclic amines) is 1. The number of halogens is 3. The largest absolute Gasteiger partial charge is 0.433 e. The second-order valence-electron chi connectivity index (χ2n) is 7.33. The van der Waals surface area contributed by atoms with Crippen LogP contribution in [0.25, 0.3) is 5.65 Å². The predicted octanol–water partition coefficient (Wildman–Crippen LogP) is 3.63. The number of alkyl halides is 3. The van der Waals surface area contributed by atoms with Crippen LogP contribution in [0, 0.1) is 11.8 Å². The molecule has 1 aliphatic carbocycles. The van der Waals surface area contributed by atoms with Crippen LogP contribution in [0.15, 0.2) is 12.1 Å². The van der Waals surface area contributed by atoms with Crippen LogP contribution in [0.1, 0.15) is 56.2 Å². The summed E-state index contributed by atoms with van der Waals surface area (Å²) in [6.07, 6.45) is -1.65. The molecule has 4 rings (SSSR count). The number of amides is 1. The van der Waals surface area contributed by atoms with Gasteiger partial charge in [-0.15, -0.1) is 0 Å². The molecule has 3 atom stereocenters. The first-order valence-corrected chi connectivity index (χ1v) is 9.07. The minimum Gasteiger partial charge on any atom is -0.334 e. The maximum absolute atomic E-state index is 13.4. The lowest BCUT2D eigenvalue weighted by atomic mass is 10.1. The first kappa shape index (κ1) is 17.3. The number of hydrogen-bond acceptors (Lipinski definition) is 3. The summed E-state index contributed by atoms with van der Waals surface area (Å²) in [5.74, 6) is 0.564. The predicted molar refractivity (Wildman–Crippen MR) is 88.3 cm³/mol. The molecule has 8 heteroatoms. The number of aromatic nitrogens is 3. The zero-order chi connectivity index (χ0) is 18.6. The van der Waals surface area contributed by atoms with Crippen LogP contribution >= 0.6 is 0 Å². The van der Waals surface area contributed by atoms with Crippen LogP contribution in [0.5, 0.6) is 0 Å². The Morgan fingerprint density at radius 3 is 2.69 bits per heavy atom. The molecule has 3 unspecified atom stereocenters. The molecule has 1 aliphatic heterocycles. The lowest BCUT2D eigenvalue weighted by Gasteiger charge is -2.23. The number of aryl methyl sites for hydroxylation is 1. The Morgan fingerprint density at radius 1 is 1.35 bits per heavy atom. The van der Waals surface area contributed by atoms with E-state index in [2.05, 4.69) is 10.1 Å². The first-order valence-electron chi connectivity index (χ1n) is 9.07. The van der Waals surface area contributed by atoms with Crippen molar-refractivity contribution in [3.63, 3.8) is 0 Å². The monoisotopic (exact) mass is 366 g/mol. The average molecular weight is 366 g/mol. The van der Waals surface area contributed by atoms with Gasteiger partial charge in [0.25, 0.3) is 0 Å². The molecule has 2 aromatic heterocycles. The average Bonchev–Trinajstić information content (AvgIpc) is 3.01. The molecular weight excluding hydrogens is 345 g/mol. The standard InChI is InChI=1S/C18H21F3N4O/c1-3-11-8-15(18(19,20)21)25-16(22-11)9-13(23-25)14-5-4-6-24(14)17(26)12-7-10(12)2/h8-10,12,14H,3-7H2,1-2H3. The molecular formula is C18H21F3N4O. The van der Waals surface area contributed by atoms with E-state index in [4.69, 9.17) is 0 Å². The van der Waals surface area contributed by atoms with Gasteiger partial charge in [0.1, 0.15) is 5.69 Å². The van der Waals surface area contributed by atoms with Crippen molar-refractivity contribution in [2.75, 3.05) is 6.54 Å². The third kappa shape index (κ3) is 2.85. The van der Waals surface area contributed by atoms with Crippen LogP contribution in [0.3, 0.4) is 0 Å². The maximum atomic E-state index is 13.4. The zero-order valence-electron chi connectivity index (χ0n) is 14.8. The maximum Gasteiger partial charge on any atom is 0.433 e. The Labute approximate surface area is 149 Å². The van der Waals surface area contributed by atoms with Crippen molar-refractivity contribution in [3.05, 3.63) is 29.2 Å². The van der Waals surface area contributed by atoms with Crippen molar-refractivity contribution in [1.29, 1.82) is 0 Å². The highest BCUT2D eigenvalue weighted by Crippen LogP contribution is 2.43. The minimum absolute atomic E-state index is 0.0585. The van der Waals surface area contributed by atoms with E-state index in [1.54, 1.807) is 17.9 Å². The van der Waals surface area contributed by atoms with Gasteiger partial charge in [-0.1, -0.05) is 13.8 Å². The van der Waals surface area contributed by atoms with Crippen LogP contribution in [0.2, 0.25) is 0 Å². The van der Waals surface area contributed by atoms with E-state index in [1.807, 2.05) is 6.92 Å². The van der Waals surface area contributed by atoms with Gasteiger partial charge in [-0.3, -0.25) is 4.79 Å². The molecule has 1 amide bonds. The number of nitrogens with zero attached hydrogens (tertiary/aromatic N) is 4. The summed E-state index contributed by atoms with van der Waals surface area (Å²) in [7, 11) is 0. The van der Waals surface area contributed by atoms with Crippen LogP contribution in [-0.4, -0.2) is 31.9 Å². The third-order valence-electron chi connectivity index (χ3n) is 5.46. The Balaban J connectivity index is 1.74. The van der Waals surface area contributed by atoms with E-state index in [0.29, 0.717) is 30.3 Å². The van der Waals surface area contributed by atoms with E-state index in [0.717, 1.165) is 29.8 Å². The molecule has 1 saturated heterocycles. The highest BCUT2D eigenvalue weighted by atomic mass is 19.4. The van der Waals surface area contributed by atoms with E-state index in [-0.39, 0.29) is 23.5 Å². The van der Waals surface area contributed by atoms with Gasteiger partial charge in [-0.05, 0) is 37.7 Å². The SMILES string of the molecule is CCc1cc(C(F)(F)F)n2nc(C3CCCN3C(=O)C3CC3C)cc2n1. The van der Waals surface area contributed by atoms with E-state index in [1.165, 1.54) is 0 Å². The van der Waals surface area contributed by atoms with Gasteiger partial charge in [0.2, 0.25) is 5.91 Å². The summed E-state index contributed by atoms with van der Waals surface area (Å²) >= 11 is 0. The fourth-order valence-electron chi connectivity index (χ4n) is 3.81. The number of rotatable bonds is 3. The van der Waals surface area contributed by atoms with Gasteiger partial charge in [-0.25, -0.2) is 9.50 Å². The Bertz CT molecular complexity index is 860. The number of fused-ring (bicyclic) bond motifs is 1. The summed E-state index contributed by atoms with van der Waals surface area (Å²) in [6, 6.07) is 2.39. The van der Waals surface area contributed by atoms with Gasteiger partial charge in [-0.2, -0.15) is 18.3 Å². The first-order chi connectivity index (χ1) is 12.3. The molecule has 0 spiro atoms. The van der Waals surface area contributed by atoms with Gasteiger partial charge in [0.15, 0.2) is 5.65 Å². The smallest absolute Gasteiger partial charge is 0.334 e. The summed E-state index contributed by atoms with van der Waals surface area (Å²) in [5, 5.41) is 4.21. The number of carbonyl (C=O) groups excluding carboxylic acids is 1. The van der Waals surface area contributed by atoms with Crippen molar-refractivity contribution >= 4 is 11.6 Å². The van der Waals surface area contributed by atoms with Crippen LogP contribution in [-0.2, 0) is 17.4 Å². The molecule has 5 nitrogen and oxygen atoms in total. The Hall–Kier alpha value is -2.12. The van der Waals surface area contributed by atoms with Crippen molar-refractivity contribution in [2.24, 2.45) is 11.8 Å². The van der Waals surface area contributed by atoms with E-state index < -0.39 is 11.9 Å². The Kier molecular flexibility index (Phi) is 3.96. The highest BCUT2D eigenvalue weighted by Gasteiger charge is 2.45. The molecule has 0 aromatic carbocycles. The Morgan fingerprint density at radius 2 is 2.08 bits per heavy atom. The van der Waals surface area contributed by atoms with Crippen molar-refractivity contribution in [2.45, 2.75) is 51.7 Å². The second kappa shape index (κ2) is 5.96. The number of carbonyl (C=O) groups is 1. The molecule has 0 radical (unpaired) electrons. The molecule has 0 bridgehead atoms. The van der Waals surface area contributed by atoms with Crippen molar-refractivity contribution < 1.29 is 18.0 Å². The summed E-state index contributed by atoms with van der Waals surface area (Å²) < 4.78 is 41.2. The molecule has 2 aliphatic rings. The fraction of sp³-hybridized carbons (Fsp3) is 0.611. The zero-order valence-corrected chi connectivity index (χ0v) is 14.8. The van der Waals surface area contributed by atoms with Gasteiger partial charge < -0.3 is 4.90 Å². The molecule has 140 valence electrons. The highest BCUT2D eigenvalue weighted by molar-refractivity contribution is 5.82. The normalized spacial score (nSPS) is 25.9. The van der Waals surface area contributed by atoms with Crippen molar-refractivity contribution in [3.8, 4) is 0 Å². The lowest BCUT2D eigenvalue weighted by Crippen LogP contribution is -2.32. The summed E-state index contributed by atoms with van der Waals surface area (Å²) in [5.41, 5.74) is 0.237. The molecule has 1 saturated carbocycles. The summed E-state index contributed by atoms with van der Waals surface area (Å²) in [6.45, 7) is 4.45. The molecule has 2 fully saturated rings. The lowest BCUT2D eigenvalue weighted by molar-refractivity contribution is -0.143. The van der Waals surface area contributed by atoms with Gasteiger partial charge in [0.05, 0.1) is 11.7 Å². The fourth-order valence-corrected chi connectivity index (χ4v) is 3.81.